The van der Waals surface area contributed by atoms with Crippen molar-refractivity contribution >= 4 is 40.7 Å². The zero-order valence-electron chi connectivity index (χ0n) is 12.4. The molecule has 1 aromatic heterocycles. The van der Waals surface area contributed by atoms with E-state index in [-0.39, 0.29) is 6.03 Å². The Morgan fingerprint density at radius 1 is 1.09 bits per heavy atom. The molecule has 2 amide bonds. The molecule has 1 aromatic carbocycles. The van der Waals surface area contributed by atoms with Crippen LogP contribution in [0.5, 0.6) is 0 Å². The fourth-order valence-electron chi connectivity index (χ4n) is 2.46. The van der Waals surface area contributed by atoms with Crippen molar-refractivity contribution < 1.29 is 4.79 Å². The number of nitrogens with one attached hydrogen (secondary N) is 1. The van der Waals surface area contributed by atoms with Crippen molar-refractivity contribution in [2.24, 2.45) is 0 Å². The van der Waals surface area contributed by atoms with Crippen LogP contribution in [0, 0.1) is 0 Å². The Hall–Kier alpha value is -1.98. The lowest BCUT2D eigenvalue weighted by Gasteiger charge is -2.35. The van der Waals surface area contributed by atoms with E-state index in [9.17, 15) is 4.79 Å². The quantitative estimate of drug-likeness (QED) is 0.897. The second kappa shape index (κ2) is 7.06. The first-order valence-corrected chi connectivity index (χ1v) is 8.06. The molecule has 0 saturated carbocycles. The average Bonchev–Trinajstić information content (AvgIpc) is 2.58. The zero-order chi connectivity index (χ0) is 16.2. The number of piperazine rings is 1. The maximum Gasteiger partial charge on any atom is 0.322 e. The van der Waals surface area contributed by atoms with Gasteiger partial charge in [-0.05, 0) is 30.3 Å². The summed E-state index contributed by atoms with van der Waals surface area (Å²) in [6.07, 6.45) is 1.77. The van der Waals surface area contributed by atoms with Crippen molar-refractivity contribution in [1.29, 1.82) is 0 Å². The van der Waals surface area contributed by atoms with Gasteiger partial charge in [-0.15, -0.1) is 0 Å². The molecule has 2 heterocycles. The Morgan fingerprint density at radius 3 is 2.52 bits per heavy atom. The number of amides is 2. The van der Waals surface area contributed by atoms with E-state index < -0.39 is 0 Å². The maximum atomic E-state index is 12.3. The fraction of sp³-hybridized carbons (Fsp3) is 0.250. The van der Waals surface area contributed by atoms with Crippen LogP contribution in [0.25, 0.3) is 0 Å². The maximum absolute atomic E-state index is 12.3. The topological polar surface area (TPSA) is 48.5 Å². The molecule has 1 aliphatic heterocycles. The third-order valence-electron chi connectivity index (χ3n) is 3.71. The molecule has 0 bridgehead atoms. The summed E-state index contributed by atoms with van der Waals surface area (Å²) in [5.74, 6) is 0.938. The summed E-state index contributed by atoms with van der Waals surface area (Å²) in [6.45, 7) is 2.76. The Bertz CT molecular complexity index is 688. The Kier molecular flexibility index (Phi) is 4.88. The van der Waals surface area contributed by atoms with E-state index in [4.69, 9.17) is 23.2 Å². The van der Waals surface area contributed by atoms with Gasteiger partial charge in [0.25, 0.3) is 0 Å². The molecule has 5 nitrogen and oxygen atoms in total. The molecule has 2 aromatic rings. The molecule has 1 aliphatic rings. The number of nitrogens with zero attached hydrogens (tertiary/aromatic N) is 3. The number of hydrogen-bond donors (Lipinski definition) is 1. The number of urea groups is 1. The lowest BCUT2D eigenvalue weighted by atomic mass is 10.3. The van der Waals surface area contributed by atoms with Gasteiger partial charge in [-0.25, -0.2) is 9.78 Å². The van der Waals surface area contributed by atoms with Crippen LogP contribution in [0.15, 0.2) is 42.6 Å². The van der Waals surface area contributed by atoms with E-state index >= 15 is 0 Å². The minimum atomic E-state index is -0.158. The van der Waals surface area contributed by atoms with E-state index in [0.717, 1.165) is 18.9 Å². The highest BCUT2D eigenvalue weighted by Gasteiger charge is 2.22. The Labute approximate surface area is 144 Å². The molecule has 1 saturated heterocycles. The van der Waals surface area contributed by atoms with Crippen LogP contribution in [0.1, 0.15) is 0 Å². The van der Waals surface area contributed by atoms with Gasteiger partial charge in [0.2, 0.25) is 0 Å². The molecule has 0 unspecified atom stereocenters. The summed E-state index contributed by atoms with van der Waals surface area (Å²) < 4.78 is 0. The molecule has 1 fully saturated rings. The van der Waals surface area contributed by atoms with Crippen molar-refractivity contribution in [3.63, 3.8) is 0 Å². The SMILES string of the molecule is O=C(Nc1ccc(Cl)cc1Cl)N1CCN(c2ccccn2)CC1. The van der Waals surface area contributed by atoms with Crippen molar-refractivity contribution in [2.75, 3.05) is 36.4 Å². The predicted octanol–water partition coefficient (Wildman–Crippen LogP) is 3.74. The van der Waals surface area contributed by atoms with E-state index in [1.807, 2.05) is 18.2 Å². The van der Waals surface area contributed by atoms with E-state index in [0.29, 0.717) is 28.8 Å². The molecule has 1 N–H and O–H groups in total. The number of carbonyl (C=O) groups is 1. The number of rotatable bonds is 2. The van der Waals surface area contributed by atoms with Crippen molar-refractivity contribution in [3.8, 4) is 0 Å². The van der Waals surface area contributed by atoms with E-state index in [2.05, 4.69) is 15.2 Å². The first-order valence-electron chi connectivity index (χ1n) is 7.30. The highest BCUT2D eigenvalue weighted by molar-refractivity contribution is 6.36. The van der Waals surface area contributed by atoms with Crippen LogP contribution in [0.2, 0.25) is 10.0 Å². The monoisotopic (exact) mass is 350 g/mol. The summed E-state index contributed by atoms with van der Waals surface area (Å²) in [4.78, 5) is 20.6. The second-order valence-corrected chi connectivity index (χ2v) is 6.06. The van der Waals surface area contributed by atoms with Gasteiger partial charge < -0.3 is 15.1 Å². The molecule has 3 rings (SSSR count). The number of halogens is 2. The molecule has 0 spiro atoms. The number of pyridine rings is 1. The minimum absolute atomic E-state index is 0.158. The lowest BCUT2D eigenvalue weighted by Crippen LogP contribution is -2.50. The third kappa shape index (κ3) is 3.86. The zero-order valence-corrected chi connectivity index (χ0v) is 13.9. The van der Waals surface area contributed by atoms with Gasteiger partial charge in [-0.1, -0.05) is 29.3 Å². The van der Waals surface area contributed by atoms with Crippen molar-refractivity contribution in [3.05, 3.63) is 52.6 Å². The van der Waals surface area contributed by atoms with Gasteiger partial charge >= 0.3 is 6.03 Å². The van der Waals surface area contributed by atoms with Gasteiger partial charge in [-0.3, -0.25) is 0 Å². The first kappa shape index (κ1) is 15.9. The van der Waals surface area contributed by atoms with Crippen LogP contribution in [0.3, 0.4) is 0 Å². The summed E-state index contributed by atoms with van der Waals surface area (Å²) >= 11 is 11.9. The highest BCUT2D eigenvalue weighted by atomic mass is 35.5. The molecular formula is C16H16Cl2N4O. The molecule has 0 radical (unpaired) electrons. The number of anilines is 2. The molecule has 7 heteroatoms. The van der Waals surface area contributed by atoms with E-state index in [1.54, 1.807) is 29.3 Å². The van der Waals surface area contributed by atoms with Crippen LogP contribution < -0.4 is 10.2 Å². The number of carbonyl (C=O) groups excluding carboxylic acids is 1. The fourth-order valence-corrected chi connectivity index (χ4v) is 2.92. The summed E-state index contributed by atoms with van der Waals surface area (Å²) in [6, 6.07) is 10.7. The third-order valence-corrected chi connectivity index (χ3v) is 4.26. The van der Waals surface area contributed by atoms with Gasteiger partial charge in [0.15, 0.2) is 0 Å². The van der Waals surface area contributed by atoms with Crippen LogP contribution >= 0.6 is 23.2 Å². The van der Waals surface area contributed by atoms with Gasteiger partial charge in [0.1, 0.15) is 5.82 Å². The Balaban J connectivity index is 1.58. The van der Waals surface area contributed by atoms with E-state index in [1.165, 1.54) is 0 Å². The number of benzene rings is 1. The van der Waals surface area contributed by atoms with Gasteiger partial charge in [0, 0.05) is 37.4 Å². The molecule has 0 atom stereocenters. The molecule has 0 aliphatic carbocycles. The predicted molar refractivity (Wildman–Crippen MR) is 93.5 cm³/mol. The largest absolute Gasteiger partial charge is 0.353 e. The Morgan fingerprint density at radius 2 is 1.87 bits per heavy atom. The van der Waals surface area contributed by atoms with Gasteiger partial charge in [-0.2, -0.15) is 0 Å². The van der Waals surface area contributed by atoms with Gasteiger partial charge in [0.05, 0.1) is 10.7 Å². The smallest absolute Gasteiger partial charge is 0.322 e. The number of aromatic nitrogens is 1. The van der Waals surface area contributed by atoms with Crippen LogP contribution in [-0.4, -0.2) is 42.1 Å². The van der Waals surface area contributed by atoms with Crippen molar-refractivity contribution in [1.82, 2.24) is 9.88 Å². The lowest BCUT2D eigenvalue weighted by molar-refractivity contribution is 0.208. The first-order chi connectivity index (χ1) is 11.1. The molecule has 23 heavy (non-hydrogen) atoms. The van der Waals surface area contributed by atoms with Crippen molar-refractivity contribution in [2.45, 2.75) is 0 Å². The standard InChI is InChI=1S/C16H16Cl2N4O/c17-12-4-5-14(13(18)11-12)20-16(23)22-9-7-21(8-10-22)15-3-1-2-6-19-15/h1-6,11H,7-10H2,(H,20,23). The molecule has 120 valence electrons. The van der Waals surface area contributed by atoms with Crippen LogP contribution in [0.4, 0.5) is 16.3 Å². The van der Waals surface area contributed by atoms with Crippen LogP contribution in [-0.2, 0) is 0 Å². The molecular weight excluding hydrogens is 335 g/mol. The summed E-state index contributed by atoms with van der Waals surface area (Å²) in [5, 5.41) is 3.79. The minimum Gasteiger partial charge on any atom is -0.353 e. The second-order valence-electron chi connectivity index (χ2n) is 5.22. The normalized spacial score (nSPS) is 14.7. The average molecular weight is 351 g/mol. The highest BCUT2D eigenvalue weighted by Crippen LogP contribution is 2.25. The summed E-state index contributed by atoms with van der Waals surface area (Å²) in [5.41, 5.74) is 0.563. The number of hydrogen-bond acceptors (Lipinski definition) is 3. The summed E-state index contributed by atoms with van der Waals surface area (Å²) in [7, 11) is 0.